The van der Waals surface area contributed by atoms with Crippen molar-refractivity contribution in [1.82, 2.24) is 15.0 Å². The molecule has 4 aromatic heterocycles. The number of benzene rings is 7. The summed E-state index contributed by atoms with van der Waals surface area (Å²) in [5, 5.41) is 4.34. The first kappa shape index (κ1) is 31.9. The van der Waals surface area contributed by atoms with Crippen LogP contribution in [0.2, 0.25) is 0 Å². The number of para-hydroxylation sites is 2. The number of nitrogens with zero attached hydrogens (tertiary/aromatic N) is 3. The third-order valence-electron chi connectivity index (χ3n) is 10.6. The van der Waals surface area contributed by atoms with Gasteiger partial charge in [0.1, 0.15) is 22.3 Å². The van der Waals surface area contributed by atoms with Gasteiger partial charge in [-0.1, -0.05) is 140 Å². The summed E-state index contributed by atoms with van der Waals surface area (Å²) in [6.07, 6.45) is 3.66. The summed E-state index contributed by atoms with van der Waals surface area (Å²) in [7, 11) is 0. The summed E-state index contributed by atoms with van der Waals surface area (Å²) in [5.41, 5.74) is 14.6. The lowest BCUT2D eigenvalue weighted by Gasteiger charge is -2.12. The molecule has 11 aromatic rings. The minimum absolute atomic E-state index is 0.672. The van der Waals surface area contributed by atoms with E-state index >= 15 is 0 Å². The number of hydrogen-bond donors (Lipinski definition) is 0. The normalized spacial score (nSPS) is 11.6. The van der Waals surface area contributed by atoms with Crippen molar-refractivity contribution in [1.29, 1.82) is 0 Å². The van der Waals surface area contributed by atoms with Crippen LogP contribution in [0.25, 0.3) is 111 Å². The molecule has 0 amide bonds. The van der Waals surface area contributed by atoms with Gasteiger partial charge in [0.2, 0.25) is 0 Å². The molecule has 0 unspecified atom stereocenters. The van der Waals surface area contributed by atoms with E-state index in [1.807, 2.05) is 60.8 Å². The van der Waals surface area contributed by atoms with Gasteiger partial charge in [-0.25, -0.2) is 9.97 Å². The van der Waals surface area contributed by atoms with Crippen molar-refractivity contribution in [2.24, 2.45) is 0 Å². The van der Waals surface area contributed by atoms with Gasteiger partial charge in [-0.2, -0.15) is 0 Å². The second-order valence-electron chi connectivity index (χ2n) is 14.0. The zero-order valence-corrected chi connectivity index (χ0v) is 30.1. The van der Waals surface area contributed by atoms with E-state index in [9.17, 15) is 0 Å². The van der Waals surface area contributed by atoms with Crippen molar-refractivity contribution >= 4 is 43.9 Å². The van der Waals surface area contributed by atoms with Crippen LogP contribution in [0.5, 0.6) is 0 Å². The number of aromatic nitrogens is 3. The molecule has 0 radical (unpaired) electrons. The average molecular weight is 718 g/mol. The van der Waals surface area contributed by atoms with Crippen LogP contribution in [-0.4, -0.2) is 15.0 Å². The molecule has 7 aromatic carbocycles. The Bertz CT molecular complexity index is 3220. The summed E-state index contributed by atoms with van der Waals surface area (Å²) >= 11 is 0. The molecule has 5 nitrogen and oxygen atoms in total. The molecule has 5 heteroatoms. The van der Waals surface area contributed by atoms with Crippen LogP contribution in [0.1, 0.15) is 0 Å². The molecular formula is C51H31N3O2. The zero-order valence-electron chi connectivity index (χ0n) is 30.1. The minimum Gasteiger partial charge on any atom is -0.456 e. The van der Waals surface area contributed by atoms with Crippen LogP contribution in [0.15, 0.2) is 197 Å². The Labute approximate surface area is 322 Å². The van der Waals surface area contributed by atoms with Gasteiger partial charge in [0.25, 0.3) is 0 Å². The van der Waals surface area contributed by atoms with E-state index in [0.717, 1.165) is 105 Å². The molecular weight excluding hydrogens is 687 g/mol. The molecule has 0 saturated heterocycles. The van der Waals surface area contributed by atoms with E-state index in [-0.39, 0.29) is 0 Å². The molecule has 0 fully saturated rings. The van der Waals surface area contributed by atoms with Gasteiger partial charge < -0.3 is 8.83 Å². The van der Waals surface area contributed by atoms with E-state index in [1.54, 1.807) is 6.20 Å². The predicted molar refractivity (Wildman–Crippen MR) is 227 cm³/mol. The molecule has 11 rings (SSSR count). The van der Waals surface area contributed by atoms with Gasteiger partial charge in [-0.15, -0.1) is 0 Å². The third-order valence-corrected chi connectivity index (χ3v) is 10.6. The van der Waals surface area contributed by atoms with Gasteiger partial charge in [-0.05, 0) is 64.2 Å². The van der Waals surface area contributed by atoms with Crippen LogP contribution in [0, 0.1) is 0 Å². The van der Waals surface area contributed by atoms with Crippen molar-refractivity contribution in [3.63, 3.8) is 0 Å². The summed E-state index contributed by atoms with van der Waals surface area (Å²) < 4.78 is 13.0. The number of pyridine rings is 1. The lowest BCUT2D eigenvalue weighted by atomic mass is 9.92. The first-order valence-corrected chi connectivity index (χ1v) is 18.7. The predicted octanol–water partition coefficient (Wildman–Crippen LogP) is 13.7. The van der Waals surface area contributed by atoms with E-state index in [2.05, 4.69) is 126 Å². The lowest BCUT2D eigenvalue weighted by molar-refractivity contribution is 0.668. The first-order chi connectivity index (χ1) is 27.7. The van der Waals surface area contributed by atoms with Crippen LogP contribution in [-0.2, 0) is 0 Å². The Morgan fingerprint density at radius 2 is 0.946 bits per heavy atom. The van der Waals surface area contributed by atoms with Crippen molar-refractivity contribution in [2.45, 2.75) is 0 Å². The molecule has 0 spiro atoms. The Morgan fingerprint density at radius 3 is 1.70 bits per heavy atom. The van der Waals surface area contributed by atoms with Crippen LogP contribution >= 0.6 is 0 Å². The maximum atomic E-state index is 6.72. The SMILES string of the molecule is c1ccc(-c2cc(-c3ccc(-c4ccc(-c5cccc6oc7ccccc7c56)c5oc6ccccc6c45)cc3)nc(-c3ccc(-c4cccnc4)cc3)n2)cc1. The maximum Gasteiger partial charge on any atom is 0.160 e. The molecule has 0 aliphatic carbocycles. The molecule has 262 valence electrons. The molecule has 0 aliphatic heterocycles. The summed E-state index contributed by atoms with van der Waals surface area (Å²) in [6, 6.07) is 60.6. The quantitative estimate of drug-likeness (QED) is 0.171. The molecule has 0 aliphatic rings. The number of fused-ring (bicyclic) bond motifs is 6. The van der Waals surface area contributed by atoms with E-state index in [0.29, 0.717) is 5.82 Å². The topological polar surface area (TPSA) is 65.0 Å². The van der Waals surface area contributed by atoms with Crippen molar-refractivity contribution in [3.05, 3.63) is 188 Å². The van der Waals surface area contributed by atoms with Gasteiger partial charge in [0, 0.05) is 56.2 Å². The van der Waals surface area contributed by atoms with Gasteiger partial charge in [0.15, 0.2) is 5.82 Å². The fourth-order valence-corrected chi connectivity index (χ4v) is 7.93. The van der Waals surface area contributed by atoms with E-state index in [1.165, 1.54) is 0 Å². The number of rotatable bonds is 6. The molecule has 56 heavy (non-hydrogen) atoms. The summed E-state index contributed by atoms with van der Waals surface area (Å²) in [4.78, 5) is 14.5. The monoisotopic (exact) mass is 717 g/mol. The van der Waals surface area contributed by atoms with Gasteiger partial charge in [0.05, 0.1) is 11.4 Å². The fraction of sp³-hybridized carbons (Fsp3) is 0. The third kappa shape index (κ3) is 5.37. The summed E-state index contributed by atoms with van der Waals surface area (Å²) in [5.74, 6) is 0.672. The van der Waals surface area contributed by atoms with Crippen LogP contribution < -0.4 is 0 Å². The van der Waals surface area contributed by atoms with Crippen LogP contribution in [0.4, 0.5) is 0 Å². The zero-order chi connectivity index (χ0) is 37.0. The fourth-order valence-electron chi connectivity index (χ4n) is 7.93. The van der Waals surface area contributed by atoms with Gasteiger partial charge >= 0.3 is 0 Å². The molecule has 4 heterocycles. The van der Waals surface area contributed by atoms with Crippen LogP contribution in [0.3, 0.4) is 0 Å². The highest BCUT2D eigenvalue weighted by Crippen LogP contribution is 2.45. The Morgan fingerprint density at radius 1 is 0.357 bits per heavy atom. The highest BCUT2D eigenvalue weighted by atomic mass is 16.3. The van der Waals surface area contributed by atoms with E-state index < -0.39 is 0 Å². The van der Waals surface area contributed by atoms with Crippen molar-refractivity contribution in [3.8, 4) is 67.3 Å². The second kappa shape index (κ2) is 13.0. The first-order valence-electron chi connectivity index (χ1n) is 18.7. The van der Waals surface area contributed by atoms with Crippen molar-refractivity contribution in [2.75, 3.05) is 0 Å². The smallest absolute Gasteiger partial charge is 0.160 e. The maximum absolute atomic E-state index is 6.72. The number of furan rings is 2. The second-order valence-corrected chi connectivity index (χ2v) is 14.0. The largest absolute Gasteiger partial charge is 0.456 e. The Balaban J connectivity index is 1.03. The summed E-state index contributed by atoms with van der Waals surface area (Å²) in [6.45, 7) is 0. The van der Waals surface area contributed by atoms with Crippen molar-refractivity contribution < 1.29 is 8.83 Å². The lowest BCUT2D eigenvalue weighted by Crippen LogP contribution is -1.96. The van der Waals surface area contributed by atoms with Gasteiger partial charge in [-0.3, -0.25) is 4.98 Å². The molecule has 0 atom stereocenters. The van der Waals surface area contributed by atoms with E-state index in [4.69, 9.17) is 18.8 Å². The molecule has 0 N–H and O–H groups in total. The highest BCUT2D eigenvalue weighted by Gasteiger charge is 2.20. The Kier molecular flexibility index (Phi) is 7.42. The molecule has 0 bridgehead atoms. The standard InChI is InChI=1S/C51H31N3O2/c1-2-10-34(11-3-1)43-30-44(54-51(53-43)36-25-19-32(20-26-36)37-12-9-29-52-31-37)35-23-21-33(22-24-35)38-27-28-40(50-49(38)42-14-5-7-17-46(42)56-50)39-15-8-18-47-48(39)41-13-4-6-16-45(41)55-47/h1-31H. The highest BCUT2D eigenvalue weighted by molar-refractivity contribution is 6.20. The Hall–Kier alpha value is -7.63. The number of hydrogen-bond acceptors (Lipinski definition) is 5. The minimum atomic E-state index is 0.672. The average Bonchev–Trinajstić information content (AvgIpc) is 3.86. The molecule has 0 saturated carbocycles.